The third-order valence-corrected chi connectivity index (χ3v) is 2.71. The molecular weight excluding hydrogens is 246 g/mol. The van der Waals surface area contributed by atoms with Crippen LogP contribution in [0.1, 0.15) is 11.6 Å². The van der Waals surface area contributed by atoms with E-state index < -0.39 is 0 Å². The van der Waals surface area contributed by atoms with Crippen LogP contribution in [0.15, 0.2) is 27.4 Å². The molecule has 1 heterocycles. The van der Waals surface area contributed by atoms with Gasteiger partial charge in [0.05, 0.1) is 12.2 Å². The van der Waals surface area contributed by atoms with Crippen molar-refractivity contribution in [2.45, 2.75) is 13.3 Å². The number of carbonyl (C=O) groups excluding carboxylic acids is 1. The number of carbonyl (C=O) groups is 1. The summed E-state index contributed by atoms with van der Waals surface area (Å²) in [7, 11) is 0. The van der Waals surface area contributed by atoms with E-state index in [4.69, 9.17) is 10.2 Å². The summed E-state index contributed by atoms with van der Waals surface area (Å²) in [5.74, 6) is 0.771. The average Bonchev–Trinajstić information content (AvgIpc) is 2.38. The molecule has 6 nitrogen and oxygen atoms in total. The normalized spacial score (nSPS) is 10.6. The second kappa shape index (κ2) is 5.62. The maximum atomic E-state index is 11.3. The Morgan fingerprint density at radius 3 is 3.00 bits per heavy atom. The van der Waals surface area contributed by atoms with Crippen molar-refractivity contribution < 1.29 is 9.21 Å². The van der Waals surface area contributed by atoms with Crippen molar-refractivity contribution in [3.63, 3.8) is 0 Å². The second-order valence-electron chi connectivity index (χ2n) is 4.16. The molecule has 0 saturated heterocycles. The quantitative estimate of drug-likeness (QED) is 0.811. The molecule has 6 heteroatoms. The van der Waals surface area contributed by atoms with Gasteiger partial charge in [-0.25, -0.2) is 4.98 Å². The largest absolute Gasteiger partial charge is 0.442 e. The zero-order valence-electron chi connectivity index (χ0n) is 10.6. The molecule has 0 spiro atoms. The van der Waals surface area contributed by atoms with Crippen LogP contribution < -0.4 is 16.5 Å². The number of benzene rings is 1. The van der Waals surface area contributed by atoms with E-state index in [2.05, 4.69) is 10.3 Å². The first-order valence-corrected chi connectivity index (χ1v) is 5.97. The predicted molar refractivity (Wildman–Crippen MR) is 69.9 cm³/mol. The molecule has 0 atom stereocenters. The molecule has 3 N–H and O–H groups in total. The number of hydrogen-bond acceptors (Lipinski definition) is 5. The van der Waals surface area contributed by atoms with Crippen LogP contribution >= 0.6 is 0 Å². The molecular formula is C13H15N3O3. The Kier molecular flexibility index (Phi) is 3.91. The molecule has 1 aliphatic carbocycles. The van der Waals surface area contributed by atoms with Gasteiger partial charge < -0.3 is 15.5 Å². The van der Waals surface area contributed by atoms with Crippen LogP contribution in [0.4, 0.5) is 0 Å². The highest BCUT2D eigenvalue weighted by molar-refractivity contribution is 5.77. The lowest BCUT2D eigenvalue weighted by Gasteiger charge is -2.09. The van der Waals surface area contributed by atoms with Gasteiger partial charge in [0.25, 0.3) is 0 Å². The van der Waals surface area contributed by atoms with Gasteiger partial charge >= 0.3 is 0 Å². The van der Waals surface area contributed by atoms with E-state index in [0.717, 1.165) is 11.3 Å². The molecule has 0 aromatic heterocycles. The monoisotopic (exact) mass is 261 g/mol. The number of amides is 1. The van der Waals surface area contributed by atoms with Crippen LogP contribution in [-0.2, 0) is 11.2 Å². The number of nitrogens with two attached hydrogens (primary N) is 1. The molecule has 0 fully saturated rings. The first-order valence-electron chi connectivity index (χ1n) is 5.97. The van der Waals surface area contributed by atoms with Crippen molar-refractivity contribution in [2.75, 3.05) is 13.1 Å². The number of rotatable bonds is 4. The Morgan fingerprint density at radius 2 is 2.26 bits per heavy atom. The van der Waals surface area contributed by atoms with E-state index in [1.807, 2.05) is 6.92 Å². The van der Waals surface area contributed by atoms with Gasteiger partial charge in [0.2, 0.25) is 5.91 Å². The van der Waals surface area contributed by atoms with Crippen molar-refractivity contribution in [2.24, 2.45) is 5.73 Å². The fraction of sp³-hybridized carbons (Fsp3) is 0.308. The Morgan fingerprint density at radius 1 is 1.47 bits per heavy atom. The fourth-order valence-corrected chi connectivity index (χ4v) is 1.77. The molecule has 0 unspecified atom stereocenters. The summed E-state index contributed by atoms with van der Waals surface area (Å²) in [4.78, 5) is 26.6. The number of aromatic nitrogens is 1. The topological polar surface area (TPSA) is 98.2 Å². The lowest BCUT2D eigenvalue weighted by Crippen LogP contribution is -2.31. The summed E-state index contributed by atoms with van der Waals surface area (Å²) in [6.07, 6.45) is 0.450. The smallest absolute Gasteiger partial charge is 0.233 e. The third kappa shape index (κ3) is 3.17. The molecule has 100 valence electrons. The molecule has 0 saturated carbocycles. The fourth-order valence-electron chi connectivity index (χ4n) is 1.77. The summed E-state index contributed by atoms with van der Waals surface area (Å²) in [5.41, 5.74) is 6.68. The molecule has 2 rings (SSSR count). The van der Waals surface area contributed by atoms with Crippen molar-refractivity contribution in [3.8, 4) is 11.3 Å². The minimum absolute atomic E-state index is 0.0408. The second-order valence-corrected chi connectivity index (χ2v) is 4.16. The van der Waals surface area contributed by atoms with Gasteiger partial charge in [-0.1, -0.05) is 0 Å². The van der Waals surface area contributed by atoms with Gasteiger partial charge in [0.15, 0.2) is 11.3 Å². The summed E-state index contributed by atoms with van der Waals surface area (Å²) in [6, 6.07) is 4.61. The number of fused-ring (bicyclic) bond motifs is 1. The van der Waals surface area contributed by atoms with Crippen LogP contribution in [-0.4, -0.2) is 24.0 Å². The van der Waals surface area contributed by atoms with Crippen LogP contribution in [0.25, 0.3) is 11.3 Å². The van der Waals surface area contributed by atoms with E-state index in [0.29, 0.717) is 24.6 Å². The van der Waals surface area contributed by atoms with Gasteiger partial charge in [-0.3, -0.25) is 9.59 Å². The van der Waals surface area contributed by atoms with Gasteiger partial charge in [-0.2, -0.15) is 0 Å². The van der Waals surface area contributed by atoms with Crippen molar-refractivity contribution in [1.29, 1.82) is 0 Å². The molecule has 1 amide bonds. The minimum atomic E-state index is -0.223. The molecule has 0 bridgehead atoms. The van der Waals surface area contributed by atoms with Crippen LogP contribution in [0.3, 0.4) is 0 Å². The van der Waals surface area contributed by atoms with Crippen molar-refractivity contribution >= 4 is 5.91 Å². The van der Waals surface area contributed by atoms with Crippen LogP contribution in [0.2, 0.25) is 0 Å². The highest BCUT2D eigenvalue weighted by Crippen LogP contribution is 2.23. The Hall–Kier alpha value is -2.21. The predicted octanol–water partition coefficient (Wildman–Crippen LogP) is 0.0654. The average molecular weight is 261 g/mol. The minimum Gasteiger partial charge on any atom is -0.442 e. The molecule has 2 aliphatic rings. The van der Waals surface area contributed by atoms with Gasteiger partial charge in [0, 0.05) is 24.6 Å². The summed E-state index contributed by atoms with van der Waals surface area (Å²) < 4.78 is 5.55. The molecule has 1 aliphatic heterocycles. The van der Waals surface area contributed by atoms with E-state index in [1.165, 1.54) is 12.1 Å². The standard InChI is InChI=1S/C13H15N3O3/c1-8-10-3-2-9(17)6-11(10)19-13(16-8)4-5-15-12(18)7-14/h2-3,6H,4-5,7,14H2,1H3,(H,15,18). The van der Waals surface area contributed by atoms with E-state index >= 15 is 0 Å². The van der Waals surface area contributed by atoms with Crippen LogP contribution in [0.5, 0.6) is 0 Å². The highest BCUT2D eigenvalue weighted by Gasteiger charge is 2.11. The number of nitrogens with zero attached hydrogens (tertiary/aromatic N) is 1. The zero-order chi connectivity index (χ0) is 13.8. The van der Waals surface area contributed by atoms with Crippen LogP contribution in [0, 0.1) is 6.92 Å². The number of nitrogens with one attached hydrogen (secondary N) is 1. The third-order valence-electron chi connectivity index (χ3n) is 2.71. The van der Waals surface area contributed by atoms with Gasteiger partial charge in [-0.05, 0) is 19.1 Å². The Balaban J connectivity index is 2.18. The van der Waals surface area contributed by atoms with Gasteiger partial charge in [-0.15, -0.1) is 0 Å². The Labute approximate surface area is 110 Å². The maximum absolute atomic E-state index is 11.3. The van der Waals surface area contributed by atoms with Gasteiger partial charge in [0.1, 0.15) is 5.76 Å². The lowest BCUT2D eigenvalue weighted by atomic mass is 10.1. The first-order chi connectivity index (χ1) is 9.10. The SMILES string of the molecule is Cc1nc(CCNC(=O)CN)oc2cc(=O)ccc1-2. The summed E-state index contributed by atoms with van der Waals surface area (Å²) in [5, 5.41) is 2.63. The number of hydrogen-bond donors (Lipinski definition) is 2. The molecule has 0 radical (unpaired) electrons. The molecule has 0 aromatic carbocycles. The number of aryl methyl sites for hydroxylation is 1. The first kappa shape index (κ1) is 13.2. The van der Waals surface area contributed by atoms with Crippen molar-refractivity contribution in [1.82, 2.24) is 10.3 Å². The van der Waals surface area contributed by atoms with Crippen molar-refractivity contribution in [3.05, 3.63) is 40.0 Å². The zero-order valence-corrected chi connectivity index (χ0v) is 10.6. The lowest BCUT2D eigenvalue weighted by molar-refractivity contribution is -0.119. The Bertz CT molecular complexity index is 621. The maximum Gasteiger partial charge on any atom is 0.233 e. The highest BCUT2D eigenvalue weighted by atomic mass is 16.3. The van der Waals surface area contributed by atoms with E-state index in [9.17, 15) is 9.59 Å². The summed E-state index contributed by atoms with van der Waals surface area (Å²) in [6.45, 7) is 2.21. The van der Waals surface area contributed by atoms with E-state index in [1.54, 1.807) is 6.07 Å². The molecule has 19 heavy (non-hydrogen) atoms. The summed E-state index contributed by atoms with van der Waals surface area (Å²) >= 11 is 0. The molecule has 0 aromatic rings. The van der Waals surface area contributed by atoms with E-state index in [-0.39, 0.29) is 17.9 Å².